The Morgan fingerprint density at radius 1 is 1.40 bits per heavy atom. The monoisotopic (exact) mass is 303 g/mol. The SMILES string of the molecule is CCCN(CC)CCNc1cc(Cl)c(F)cc1[N+](=O)[O-]. The zero-order valence-electron chi connectivity index (χ0n) is 11.7. The summed E-state index contributed by atoms with van der Waals surface area (Å²) >= 11 is 5.66. The first-order chi connectivity index (χ1) is 9.49. The molecule has 0 aliphatic heterocycles. The second-order valence-electron chi connectivity index (χ2n) is 4.40. The Morgan fingerprint density at radius 2 is 2.10 bits per heavy atom. The van der Waals surface area contributed by atoms with E-state index < -0.39 is 10.7 Å². The van der Waals surface area contributed by atoms with Crippen molar-refractivity contribution >= 4 is 23.0 Å². The molecule has 7 heteroatoms. The molecule has 112 valence electrons. The van der Waals surface area contributed by atoms with Crippen LogP contribution in [0.25, 0.3) is 0 Å². The molecule has 1 N–H and O–H groups in total. The van der Waals surface area contributed by atoms with E-state index >= 15 is 0 Å². The summed E-state index contributed by atoms with van der Waals surface area (Å²) in [5.74, 6) is -0.787. The predicted molar refractivity (Wildman–Crippen MR) is 79.0 cm³/mol. The van der Waals surface area contributed by atoms with Crippen LogP contribution in [0.1, 0.15) is 20.3 Å². The van der Waals surface area contributed by atoms with Crippen molar-refractivity contribution in [2.75, 3.05) is 31.5 Å². The molecule has 1 rings (SSSR count). The summed E-state index contributed by atoms with van der Waals surface area (Å²) in [7, 11) is 0. The second kappa shape index (κ2) is 8.01. The Hall–Kier alpha value is -1.40. The molecular formula is C13H19ClFN3O2. The molecule has 0 saturated heterocycles. The van der Waals surface area contributed by atoms with Gasteiger partial charge in [0.05, 0.1) is 16.0 Å². The third-order valence-corrected chi connectivity index (χ3v) is 3.26. The lowest BCUT2D eigenvalue weighted by Crippen LogP contribution is -2.29. The molecule has 20 heavy (non-hydrogen) atoms. The summed E-state index contributed by atoms with van der Waals surface area (Å²) in [4.78, 5) is 12.5. The first kappa shape index (κ1) is 16.7. The number of nitro groups is 1. The van der Waals surface area contributed by atoms with Gasteiger partial charge in [0.25, 0.3) is 5.69 Å². The number of rotatable bonds is 8. The maximum atomic E-state index is 13.3. The van der Waals surface area contributed by atoms with Gasteiger partial charge in [0.1, 0.15) is 11.5 Å². The van der Waals surface area contributed by atoms with Crippen molar-refractivity contribution in [3.05, 3.63) is 33.1 Å². The van der Waals surface area contributed by atoms with E-state index in [1.165, 1.54) is 6.07 Å². The van der Waals surface area contributed by atoms with Crippen molar-refractivity contribution in [1.82, 2.24) is 4.90 Å². The molecule has 0 atom stereocenters. The number of hydrogen-bond donors (Lipinski definition) is 1. The van der Waals surface area contributed by atoms with E-state index in [1.54, 1.807) is 0 Å². The average molecular weight is 304 g/mol. The van der Waals surface area contributed by atoms with E-state index in [2.05, 4.69) is 24.1 Å². The summed E-state index contributed by atoms with van der Waals surface area (Å²) < 4.78 is 13.3. The number of anilines is 1. The maximum absolute atomic E-state index is 13.3. The molecule has 0 aliphatic rings. The largest absolute Gasteiger partial charge is 0.378 e. The van der Waals surface area contributed by atoms with Gasteiger partial charge in [-0.25, -0.2) is 4.39 Å². The number of halogens is 2. The minimum absolute atomic E-state index is 0.126. The van der Waals surface area contributed by atoms with E-state index in [1.807, 2.05) is 0 Å². The summed E-state index contributed by atoms with van der Waals surface area (Å²) in [5, 5.41) is 13.7. The molecule has 0 amide bonds. The van der Waals surface area contributed by atoms with Gasteiger partial charge in [-0.05, 0) is 25.6 Å². The number of nitrogens with one attached hydrogen (secondary N) is 1. The van der Waals surface area contributed by atoms with Crippen LogP contribution >= 0.6 is 11.6 Å². The Balaban J connectivity index is 2.72. The van der Waals surface area contributed by atoms with E-state index in [4.69, 9.17) is 11.6 Å². The fraction of sp³-hybridized carbons (Fsp3) is 0.538. The van der Waals surface area contributed by atoms with E-state index in [9.17, 15) is 14.5 Å². The summed E-state index contributed by atoms with van der Waals surface area (Å²) in [6.45, 7) is 7.35. The number of benzene rings is 1. The molecule has 5 nitrogen and oxygen atoms in total. The highest BCUT2D eigenvalue weighted by Crippen LogP contribution is 2.30. The van der Waals surface area contributed by atoms with Gasteiger partial charge in [-0.3, -0.25) is 10.1 Å². The summed E-state index contributed by atoms with van der Waals surface area (Å²) in [5.41, 5.74) is -0.0561. The topological polar surface area (TPSA) is 58.4 Å². The van der Waals surface area contributed by atoms with Gasteiger partial charge in [0.2, 0.25) is 0 Å². The third kappa shape index (κ3) is 4.61. The van der Waals surface area contributed by atoms with Crippen LogP contribution in [-0.2, 0) is 0 Å². The normalized spacial score (nSPS) is 10.8. The van der Waals surface area contributed by atoms with Crippen LogP contribution in [-0.4, -0.2) is 36.0 Å². The van der Waals surface area contributed by atoms with E-state index in [-0.39, 0.29) is 16.4 Å². The number of likely N-dealkylation sites (N-methyl/N-ethyl adjacent to an activating group) is 1. The number of nitrogens with zero attached hydrogens (tertiary/aromatic N) is 2. The maximum Gasteiger partial charge on any atom is 0.295 e. The van der Waals surface area contributed by atoms with Crippen LogP contribution in [0.2, 0.25) is 5.02 Å². The van der Waals surface area contributed by atoms with Crippen LogP contribution in [0, 0.1) is 15.9 Å². The Morgan fingerprint density at radius 3 is 2.65 bits per heavy atom. The molecule has 0 aliphatic carbocycles. The van der Waals surface area contributed by atoms with Crippen molar-refractivity contribution in [2.45, 2.75) is 20.3 Å². The fourth-order valence-electron chi connectivity index (χ4n) is 1.92. The minimum atomic E-state index is -0.787. The fourth-order valence-corrected chi connectivity index (χ4v) is 2.09. The smallest absolute Gasteiger partial charge is 0.295 e. The third-order valence-electron chi connectivity index (χ3n) is 2.97. The van der Waals surface area contributed by atoms with Crippen LogP contribution < -0.4 is 5.32 Å². The van der Waals surface area contributed by atoms with Crippen molar-refractivity contribution in [1.29, 1.82) is 0 Å². The lowest BCUT2D eigenvalue weighted by Gasteiger charge is -2.19. The molecule has 1 aromatic rings. The van der Waals surface area contributed by atoms with Crippen molar-refractivity contribution in [3.63, 3.8) is 0 Å². The molecular weight excluding hydrogens is 285 g/mol. The van der Waals surface area contributed by atoms with E-state index in [0.717, 1.165) is 32.1 Å². The Kier molecular flexibility index (Phi) is 6.67. The Bertz CT molecular complexity index is 471. The Labute approximate surface area is 122 Å². The molecule has 0 bridgehead atoms. The van der Waals surface area contributed by atoms with E-state index in [0.29, 0.717) is 6.54 Å². The van der Waals surface area contributed by atoms with Gasteiger partial charge >= 0.3 is 0 Å². The predicted octanol–water partition coefficient (Wildman–Crippen LogP) is 3.53. The number of nitro benzene ring substituents is 1. The van der Waals surface area contributed by atoms with Gasteiger partial charge in [-0.2, -0.15) is 0 Å². The molecule has 0 aromatic heterocycles. The molecule has 0 spiro atoms. The van der Waals surface area contributed by atoms with Crippen molar-refractivity contribution < 1.29 is 9.31 Å². The number of hydrogen-bond acceptors (Lipinski definition) is 4. The van der Waals surface area contributed by atoms with Gasteiger partial charge in [-0.15, -0.1) is 0 Å². The zero-order valence-corrected chi connectivity index (χ0v) is 12.4. The lowest BCUT2D eigenvalue weighted by atomic mass is 10.2. The standard InChI is InChI=1S/C13H19ClFN3O2/c1-3-6-17(4-2)7-5-16-12-8-10(14)11(15)9-13(12)18(19)20/h8-9,16H,3-7H2,1-2H3. The zero-order chi connectivity index (χ0) is 15.1. The molecule has 0 unspecified atom stereocenters. The molecule has 0 saturated carbocycles. The quantitative estimate of drug-likeness (QED) is 0.589. The average Bonchev–Trinajstić information content (AvgIpc) is 2.41. The second-order valence-corrected chi connectivity index (χ2v) is 4.81. The molecule has 0 heterocycles. The van der Waals surface area contributed by atoms with Gasteiger partial charge in [-0.1, -0.05) is 25.4 Å². The minimum Gasteiger partial charge on any atom is -0.378 e. The molecule has 1 aromatic carbocycles. The lowest BCUT2D eigenvalue weighted by molar-refractivity contribution is -0.384. The van der Waals surface area contributed by atoms with Gasteiger partial charge in [0.15, 0.2) is 0 Å². The van der Waals surface area contributed by atoms with Crippen LogP contribution in [0.5, 0.6) is 0 Å². The summed E-state index contributed by atoms with van der Waals surface area (Å²) in [6.07, 6.45) is 1.05. The van der Waals surface area contributed by atoms with Crippen LogP contribution in [0.4, 0.5) is 15.8 Å². The highest BCUT2D eigenvalue weighted by molar-refractivity contribution is 6.31. The van der Waals surface area contributed by atoms with Crippen molar-refractivity contribution in [2.24, 2.45) is 0 Å². The van der Waals surface area contributed by atoms with Crippen LogP contribution in [0.15, 0.2) is 12.1 Å². The molecule has 0 fully saturated rings. The molecule has 0 radical (unpaired) electrons. The first-order valence-electron chi connectivity index (χ1n) is 6.59. The van der Waals surface area contributed by atoms with Crippen LogP contribution in [0.3, 0.4) is 0 Å². The summed E-state index contributed by atoms with van der Waals surface area (Å²) in [6, 6.07) is 2.10. The van der Waals surface area contributed by atoms with Gasteiger partial charge in [0, 0.05) is 13.1 Å². The van der Waals surface area contributed by atoms with Crippen molar-refractivity contribution in [3.8, 4) is 0 Å². The first-order valence-corrected chi connectivity index (χ1v) is 6.97. The van der Waals surface area contributed by atoms with Gasteiger partial charge < -0.3 is 10.2 Å². The highest BCUT2D eigenvalue weighted by atomic mass is 35.5. The highest BCUT2D eigenvalue weighted by Gasteiger charge is 2.17.